The molecule has 2 aromatic carbocycles. The van der Waals surface area contributed by atoms with Gasteiger partial charge in [-0.25, -0.2) is 4.39 Å². The molecule has 4 rings (SSSR count). The predicted molar refractivity (Wildman–Crippen MR) is 128 cm³/mol. The number of nitrogens with zero attached hydrogens (tertiary/aromatic N) is 1. The van der Waals surface area contributed by atoms with Crippen LogP contribution < -0.4 is 4.74 Å². The second kappa shape index (κ2) is 10.1. The van der Waals surface area contributed by atoms with Crippen molar-refractivity contribution in [2.24, 2.45) is 0 Å². The van der Waals surface area contributed by atoms with E-state index in [0.717, 1.165) is 0 Å². The van der Waals surface area contributed by atoms with Gasteiger partial charge in [0.2, 0.25) is 5.78 Å². The quantitative estimate of drug-likeness (QED) is 0.302. The van der Waals surface area contributed by atoms with Crippen LogP contribution in [0.4, 0.5) is 4.39 Å². The summed E-state index contributed by atoms with van der Waals surface area (Å²) in [5, 5.41) is 11.7. The molecule has 7 nitrogen and oxygen atoms in total. The second-order valence-electron chi connectivity index (χ2n) is 8.42. The second-order valence-corrected chi connectivity index (χ2v) is 8.86. The smallest absolute Gasteiger partial charge is 0.290 e. The number of amides is 1. The highest BCUT2D eigenvalue weighted by Crippen LogP contribution is 2.41. The fraction of sp³-hybridized carbons (Fsp3) is 0.308. The van der Waals surface area contributed by atoms with Gasteiger partial charge in [0.15, 0.2) is 22.9 Å². The van der Waals surface area contributed by atoms with Crippen LogP contribution in [-0.4, -0.2) is 48.1 Å². The number of hydrogen-bond donors (Lipinski definition) is 1. The van der Waals surface area contributed by atoms with Crippen LogP contribution in [0.25, 0.3) is 11.0 Å². The van der Waals surface area contributed by atoms with Gasteiger partial charge in [0, 0.05) is 35.2 Å². The van der Waals surface area contributed by atoms with E-state index in [2.05, 4.69) is 0 Å². The Labute approximate surface area is 206 Å². The molecule has 1 N–H and O–H groups in total. The minimum atomic E-state index is -1.13. The molecule has 0 spiro atoms. The van der Waals surface area contributed by atoms with Crippen molar-refractivity contribution in [3.63, 3.8) is 0 Å². The highest BCUT2D eigenvalue weighted by Gasteiger charge is 2.45. The van der Waals surface area contributed by atoms with Crippen LogP contribution in [0.5, 0.6) is 5.75 Å². The molecule has 0 saturated heterocycles. The van der Waals surface area contributed by atoms with Crippen LogP contribution >= 0.6 is 11.6 Å². The van der Waals surface area contributed by atoms with E-state index >= 15 is 0 Å². The molecule has 1 aromatic heterocycles. The van der Waals surface area contributed by atoms with Crippen LogP contribution in [-0.2, 0) is 9.53 Å². The Morgan fingerprint density at radius 2 is 2.00 bits per heavy atom. The van der Waals surface area contributed by atoms with Crippen LogP contribution in [0.15, 0.2) is 58.2 Å². The third-order valence-corrected chi connectivity index (χ3v) is 5.95. The van der Waals surface area contributed by atoms with E-state index in [1.165, 1.54) is 36.3 Å². The van der Waals surface area contributed by atoms with E-state index in [9.17, 15) is 19.1 Å². The molecule has 1 aliphatic heterocycles. The van der Waals surface area contributed by atoms with Gasteiger partial charge in [-0.1, -0.05) is 29.8 Å². The first kappa shape index (κ1) is 24.8. The highest BCUT2D eigenvalue weighted by molar-refractivity contribution is 6.31. The molecule has 0 bridgehead atoms. The largest absolute Gasteiger partial charge is 0.503 e. The lowest BCUT2D eigenvalue weighted by Gasteiger charge is -2.27. The zero-order valence-corrected chi connectivity index (χ0v) is 20.3. The Kier molecular flexibility index (Phi) is 7.14. The Hall–Kier alpha value is -3.36. The molecule has 3 aromatic rings. The Balaban J connectivity index is 1.75. The van der Waals surface area contributed by atoms with Gasteiger partial charge in [0.25, 0.3) is 5.91 Å². The first-order valence-electron chi connectivity index (χ1n) is 11.1. The standard InChI is InChI=1S/C26H25ClFNO6/c1-14(2)34-10-6-9-29-22(17-7-4-5-8-18(17)28)21(24(31)26(29)32)23(30)19-12-15-11-16(27)13-20(33-3)25(15)35-19/h4-5,7-8,11-14,22,31H,6,9-10H2,1-3H3. The lowest BCUT2D eigenvalue weighted by atomic mass is 9.94. The molecule has 0 aliphatic carbocycles. The maximum absolute atomic E-state index is 14.9. The van der Waals surface area contributed by atoms with E-state index in [4.69, 9.17) is 25.5 Å². The van der Waals surface area contributed by atoms with Gasteiger partial charge in [-0.05, 0) is 38.5 Å². The molecule has 0 fully saturated rings. The summed E-state index contributed by atoms with van der Waals surface area (Å²) in [7, 11) is 1.44. The zero-order valence-electron chi connectivity index (χ0n) is 19.5. The van der Waals surface area contributed by atoms with Crippen molar-refractivity contribution in [3.05, 3.63) is 76.0 Å². The van der Waals surface area contributed by atoms with E-state index in [1.54, 1.807) is 18.2 Å². The van der Waals surface area contributed by atoms with Crippen molar-refractivity contribution in [1.29, 1.82) is 0 Å². The molecule has 1 aliphatic rings. The summed E-state index contributed by atoms with van der Waals surface area (Å²) in [6, 6.07) is 9.31. The first-order valence-corrected chi connectivity index (χ1v) is 11.5. The Morgan fingerprint density at radius 3 is 2.69 bits per heavy atom. The van der Waals surface area contributed by atoms with Gasteiger partial charge in [-0.15, -0.1) is 0 Å². The number of fused-ring (bicyclic) bond motifs is 1. The molecule has 1 unspecified atom stereocenters. The number of furan rings is 1. The number of carbonyl (C=O) groups excluding carboxylic acids is 2. The topological polar surface area (TPSA) is 89.2 Å². The van der Waals surface area contributed by atoms with E-state index in [1.807, 2.05) is 13.8 Å². The molecule has 9 heteroatoms. The number of carbonyl (C=O) groups is 2. The number of methoxy groups -OCH3 is 1. The Bertz CT molecular complexity index is 1310. The van der Waals surface area contributed by atoms with Crippen LogP contribution in [0, 0.1) is 5.82 Å². The molecular weight excluding hydrogens is 477 g/mol. The lowest BCUT2D eigenvalue weighted by Crippen LogP contribution is -2.33. The van der Waals surface area contributed by atoms with Crippen molar-refractivity contribution in [2.75, 3.05) is 20.3 Å². The van der Waals surface area contributed by atoms with E-state index in [-0.39, 0.29) is 35.1 Å². The van der Waals surface area contributed by atoms with Gasteiger partial charge in [0.05, 0.1) is 24.8 Å². The number of Topliss-reactive ketones (excluding diaryl/α,β-unsaturated/α-hetero) is 1. The minimum Gasteiger partial charge on any atom is -0.503 e. The molecule has 0 saturated carbocycles. The Morgan fingerprint density at radius 1 is 1.26 bits per heavy atom. The highest BCUT2D eigenvalue weighted by atomic mass is 35.5. The summed E-state index contributed by atoms with van der Waals surface area (Å²) in [4.78, 5) is 27.9. The summed E-state index contributed by atoms with van der Waals surface area (Å²) >= 11 is 6.12. The van der Waals surface area contributed by atoms with Crippen LogP contribution in [0.2, 0.25) is 5.02 Å². The first-order chi connectivity index (χ1) is 16.7. The molecular formula is C26H25ClFNO6. The van der Waals surface area contributed by atoms with Crippen molar-refractivity contribution in [2.45, 2.75) is 32.4 Å². The number of halogens is 2. The lowest BCUT2D eigenvalue weighted by molar-refractivity contribution is -0.129. The zero-order chi connectivity index (χ0) is 25.3. The number of hydrogen-bond acceptors (Lipinski definition) is 6. The SMILES string of the molecule is COc1cc(Cl)cc2cc(C(=O)C3=C(O)C(=O)N(CCCOC(C)C)C3c3ccccc3F)oc12. The summed E-state index contributed by atoms with van der Waals surface area (Å²) in [5.41, 5.74) is 0.124. The van der Waals surface area contributed by atoms with Crippen LogP contribution in [0.3, 0.4) is 0 Å². The monoisotopic (exact) mass is 501 g/mol. The van der Waals surface area contributed by atoms with E-state index in [0.29, 0.717) is 29.2 Å². The number of rotatable bonds is 9. The maximum Gasteiger partial charge on any atom is 0.290 e. The van der Waals surface area contributed by atoms with Crippen molar-refractivity contribution in [3.8, 4) is 5.75 Å². The van der Waals surface area contributed by atoms with Gasteiger partial charge in [0.1, 0.15) is 5.82 Å². The predicted octanol–water partition coefficient (Wildman–Crippen LogP) is 5.63. The number of ketones is 1. The summed E-state index contributed by atoms with van der Waals surface area (Å²) in [5.74, 6) is -2.65. The fourth-order valence-electron chi connectivity index (χ4n) is 4.17. The average molecular weight is 502 g/mol. The molecule has 0 radical (unpaired) electrons. The number of ether oxygens (including phenoxy) is 2. The molecule has 184 valence electrons. The maximum atomic E-state index is 14.9. The average Bonchev–Trinajstić information content (AvgIpc) is 3.35. The minimum absolute atomic E-state index is 0.00823. The van der Waals surface area contributed by atoms with Gasteiger partial charge >= 0.3 is 0 Å². The third kappa shape index (κ3) is 4.76. The molecule has 1 amide bonds. The van der Waals surface area contributed by atoms with Crippen LogP contribution in [0.1, 0.15) is 42.4 Å². The van der Waals surface area contributed by atoms with E-state index < -0.39 is 29.3 Å². The van der Waals surface area contributed by atoms with Gasteiger partial charge in [-0.2, -0.15) is 0 Å². The van der Waals surface area contributed by atoms with Crippen molar-refractivity contribution < 1.29 is 33.0 Å². The summed E-state index contributed by atoms with van der Waals surface area (Å²) in [6.07, 6.45) is 0.443. The summed E-state index contributed by atoms with van der Waals surface area (Å²) < 4.78 is 31.5. The number of aliphatic hydroxyl groups is 1. The molecule has 2 heterocycles. The number of benzene rings is 2. The number of aliphatic hydroxyl groups excluding tert-OH is 1. The van der Waals surface area contributed by atoms with Crippen molar-refractivity contribution >= 4 is 34.3 Å². The van der Waals surface area contributed by atoms with Crippen molar-refractivity contribution in [1.82, 2.24) is 4.90 Å². The normalized spacial score (nSPS) is 16.1. The fourth-order valence-corrected chi connectivity index (χ4v) is 4.39. The van der Waals surface area contributed by atoms with Gasteiger partial charge < -0.3 is 23.9 Å². The summed E-state index contributed by atoms with van der Waals surface area (Å²) in [6.45, 7) is 4.29. The molecule has 35 heavy (non-hydrogen) atoms. The van der Waals surface area contributed by atoms with Gasteiger partial charge in [-0.3, -0.25) is 9.59 Å². The molecule has 1 atom stereocenters. The third-order valence-electron chi connectivity index (χ3n) is 5.73.